The monoisotopic (exact) mass is 335 g/mol. The summed E-state index contributed by atoms with van der Waals surface area (Å²) < 4.78 is 10.7. The summed E-state index contributed by atoms with van der Waals surface area (Å²) in [5.74, 6) is 0.898. The first kappa shape index (κ1) is 18.2. The van der Waals surface area contributed by atoms with Gasteiger partial charge in [-0.15, -0.1) is 0 Å². The van der Waals surface area contributed by atoms with Crippen LogP contribution in [-0.2, 0) is 4.74 Å². The van der Waals surface area contributed by atoms with Crippen LogP contribution >= 0.6 is 0 Å². The summed E-state index contributed by atoms with van der Waals surface area (Å²) in [6.45, 7) is 6.44. The van der Waals surface area contributed by atoms with Crippen LogP contribution in [0.3, 0.4) is 0 Å². The van der Waals surface area contributed by atoms with Crippen LogP contribution in [0.4, 0.5) is 5.69 Å². The molecule has 1 aromatic rings. The Labute approximate surface area is 142 Å². The zero-order valence-electron chi connectivity index (χ0n) is 14.7. The minimum Gasteiger partial charge on any atom is -0.490 e. The molecular weight excluding hydrogens is 310 g/mol. The lowest BCUT2D eigenvalue weighted by atomic mass is 9.75. The topological polar surface area (TPSA) is 78.7 Å². The number of ether oxygens (including phenoxy) is 2. The number of nitro groups is 1. The van der Waals surface area contributed by atoms with Crippen LogP contribution in [0.2, 0.25) is 0 Å². The van der Waals surface area contributed by atoms with Crippen LogP contribution in [0.15, 0.2) is 18.2 Å². The third-order valence-electron chi connectivity index (χ3n) is 4.83. The Balaban J connectivity index is 2.19. The van der Waals surface area contributed by atoms with E-state index in [9.17, 15) is 14.9 Å². The number of benzene rings is 1. The van der Waals surface area contributed by atoms with Crippen molar-refractivity contribution in [2.45, 2.75) is 46.1 Å². The van der Waals surface area contributed by atoms with Crippen LogP contribution in [-0.4, -0.2) is 24.1 Å². The Hall–Kier alpha value is -2.11. The molecule has 1 aliphatic carbocycles. The summed E-state index contributed by atoms with van der Waals surface area (Å²) in [4.78, 5) is 23.0. The summed E-state index contributed by atoms with van der Waals surface area (Å²) in [6.07, 6.45) is 2.89. The number of esters is 1. The maximum absolute atomic E-state index is 12.5. The van der Waals surface area contributed by atoms with Crippen molar-refractivity contribution in [1.82, 2.24) is 0 Å². The first-order chi connectivity index (χ1) is 11.3. The normalized spacial score (nSPS) is 23.8. The van der Waals surface area contributed by atoms with Gasteiger partial charge in [0.15, 0.2) is 5.75 Å². The van der Waals surface area contributed by atoms with Gasteiger partial charge in [0, 0.05) is 6.07 Å². The van der Waals surface area contributed by atoms with E-state index in [1.807, 2.05) is 0 Å². The van der Waals surface area contributed by atoms with Crippen LogP contribution in [0, 0.1) is 27.9 Å². The molecular formula is C18H25NO5. The van der Waals surface area contributed by atoms with Crippen molar-refractivity contribution in [3.8, 4) is 5.75 Å². The van der Waals surface area contributed by atoms with Crippen molar-refractivity contribution in [2.24, 2.45) is 17.8 Å². The number of methoxy groups -OCH3 is 1. The third-order valence-corrected chi connectivity index (χ3v) is 4.83. The molecule has 0 bridgehead atoms. The standard InChI is InChI=1S/C18H25NO5/c1-11(2)14-7-5-12(3)9-17(14)24-18(20)13-6-8-16(23-4)15(10-13)19(21)22/h6,8,10-12,14,17H,5,7,9H2,1-4H3/t12-,14+,17-/m1/s1. The molecule has 24 heavy (non-hydrogen) atoms. The molecule has 3 atom stereocenters. The fourth-order valence-corrected chi connectivity index (χ4v) is 3.42. The van der Waals surface area contributed by atoms with Crippen LogP contribution in [0.1, 0.15) is 50.4 Å². The van der Waals surface area contributed by atoms with Gasteiger partial charge in [0.2, 0.25) is 0 Å². The van der Waals surface area contributed by atoms with E-state index in [1.54, 1.807) is 0 Å². The number of carbonyl (C=O) groups is 1. The second kappa shape index (κ2) is 7.64. The van der Waals surface area contributed by atoms with Crippen LogP contribution in [0.5, 0.6) is 5.75 Å². The minimum atomic E-state index is -0.560. The number of carbonyl (C=O) groups excluding carboxylic acids is 1. The number of nitrogens with zero attached hydrogens (tertiary/aromatic N) is 1. The van der Waals surface area contributed by atoms with E-state index in [0.717, 1.165) is 19.3 Å². The van der Waals surface area contributed by atoms with Gasteiger partial charge >= 0.3 is 11.7 Å². The first-order valence-electron chi connectivity index (χ1n) is 8.36. The van der Waals surface area contributed by atoms with Gasteiger partial charge in [0.25, 0.3) is 0 Å². The van der Waals surface area contributed by atoms with E-state index < -0.39 is 10.9 Å². The average Bonchev–Trinajstić information content (AvgIpc) is 2.53. The Morgan fingerprint density at radius 1 is 1.33 bits per heavy atom. The molecule has 132 valence electrons. The number of nitro benzene ring substituents is 1. The molecule has 1 fully saturated rings. The van der Waals surface area contributed by atoms with E-state index in [2.05, 4.69) is 20.8 Å². The fraction of sp³-hybridized carbons (Fsp3) is 0.611. The van der Waals surface area contributed by atoms with Crippen molar-refractivity contribution in [3.05, 3.63) is 33.9 Å². The predicted octanol–water partition coefficient (Wildman–Crippen LogP) is 4.22. The van der Waals surface area contributed by atoms with Crippen molar-refractivity contribution in [3.63, 3.8) is 0 Å². The highest BCUT2D eigenvalue weighted by Gasteiger charge is 2.34. The van der Waals surface area contributed by atoms with Gasteiger partial charge in [-0.05, 0) is 42.7 Å². The van der Waals surface area contributed by atoms with Crippen molar-refractivity contribution < 1.29 is 19.2 Å². The zero-order valence-corrected chi connectivity index (χ0v) is 14.7. The molecule has 1 aromatic carbocycles. The predicted molar refractivity (Wildman–Crippen MR) is 90.2 cm³/mol. The van der Waals surface area contributed by atoms with E-state index in [-0.39, 0.29) is 23.1 Å². The maximum atomic E-state index is 12.5. The molecule has 0 unspecified atom stereocenters. The minimum absolute atomic E-state index is 0.128. The first-order valence-corrected chi connectivity index (χ1v) is 8.36. The molecule has 0 N–H and O–H groups in total. The second-order valence-corrected chi connectivity index (χ2v) is 6.91. The van der Waals surface area contributed by atoms with Crippen LogP contribution < -0.4 is 4.74 Å². The lowest BCUT2D eigenvalue weighted by Gasteiger charge is -2.36. The lowest BCUT2D eigenvalue weighted by molar-refractivity contribution is -0.385. The molecule has 0 aromatic heterocycles. The summed E-state index contributed by atoms with van der Waals surface area (Å²) >= 11 is 0. The largest absolute Gasteiger partial charge is 0.490 e. The lowest BCUT2D eigenvalue weighted by Crippen LogP contribution is -2.35. The SMILES string of the molecule is COc1ccc(C(=O)O[C@@H]2C[C@H](C)CC[C@H]2C(C)C)cc1[N+](=O)[O-]. The van der Waals surface area contributed by atoms with Gasteiger partial charge in [-0.1, -0.05) is 27.2 Å². The van der Waals surface area contributed by atoms with Gasteiger partial charge < -0.3 is 9.47 Å². The summed E-state index contributed by atoms with van der Waals surface area (Å²) in [5.41, 5.74) is -0.0485. The molecule has 1 saturated carbocycles. The smallest absolute Gasteiger partial charge is 0.338 e. The third kappa shape index (κ3) is 4.04. The highest BCUT2D eigenvalue weighted by molar-refractivity contribution is 5.90. The molecule has 0 spiro atoms. The fourth-order valence-electron chi connectivity index (χ4n) is 3.42. The van der Waals surface area contributed by atoms with E-state index in [0.29, 0.717) is 17.8 Å². The second-order valence-electron chi connectivity index (χ2n) is 6.91. The highest BCUT2D eigenvalue weighted by atomic mass is 16.6. The number of rotatable bonds is 5. The quantitative estimate of drug-likeness (QED) is 0.457. The molecule has 0 amide bonds. The Kier molecular flexibility index (Phi) is 5.80. The molecule has 6 heteroatoms. The van der Waals surface area contributed by atoms with Gasteiger partial charge in [-0.3, -0.25) is 10.1 Å². The van der Waals surface area contributed by atoms with E-state index in [4.69, 9.17) is 9.47 Å². The highest BCUT2D eigenvalue weighted by Crippen LogP contribution is 2.36. The Bertz CT molecular complexity index is 613. The zero-order chi connectivity index (χ0) is 17.9. The molecule has 0 aliphatic heterocycles. The van der Waals surface area contributed by atoms with Gasteiger partial charge in [-0.2, -0.15) is 0 Å². The Morgan fingerprint density at radius 3 is 2.62 bits per heavy atom. The summed E-state index contributed by atoms with van der Waals surface area (Å²) in [5, 5.41) is 11.1. The molecule has 0 heterocycles. The van der Waals surface area contributed by atoms with Crippen molar-refractivity contribution >= 4 is 11.7 Å². The number of hydrogen-bond donors (Lipinski definition) is 0. The molecule has 0 radical (unpaired) electrons. The summed E-state index contributed by atoms with van der Waals surface area (Å²) in [7, 11) is 1.36. The molecule has 0 saturated heterocycles. The van der Waals surface area contributed by atoms with Gasteiger partial charge in [0.05, 0.1) is 17.6 Å². The van der Waals surface area contributed by atoms with E-state index >= 15 is 0 Å². The molecule has 2 rings (SSSR count). The van der Waals surface area contributed by atoms with E-state index in [1.165, 1.54) is 25.3 Å². The van der Waals surface area contributed by atoms with Crippen molar-refractivity contribution in [2.75, 3.05) is 7.11 Å². The number of hydrogen-bond acceptors (Lipinski definition) is 5. The Morgan fingerprint density at radius 2 is 2.04 bits per heavy atom. The summed E-state index contributed by atoms with van der Waals surface area (Å²) in [6, 6.07) is 4.15. The van der Waals surface area contributed by atoms with Gasteiger partial charge in [-0.25, -0.2) is 4.79 Å². The van der Waals surface area contributed by atoms with Gasteiger partial charge in [0.1, 0.15) is 6.10 Å². The molecule has 6 nitrogen and oxygen atoms in total. The molecule has 1 aliphatic rings. The van der Waals surface area contributed by atoms with Crippen molar-refractivity contribution in [1.29, 1.82) is 0 Å². The maximum Gasteiger partial charge on any atom is 0.338 e. The average molecular weight is 335 g/mol. The van der Waals surface area contributed by atoms with Crippen LogP contribution in [0.25, 0.3) is 0 Å².